The molecule has 0 fully saturated rings. The molecule has 1 aliphatic carbocycles. The molecule has 3 aromatic heterocycles. The fourth-order valence-electron chi connectivity index (χ4n) is 3.81. The molecule has 5 rings (SSSR count). The zero-order chi connectivity index (χ0) is 24.2. The number of tetrazole rings is 1. The lowest BCUT2D eigenvalue weighted by atomic mass is 10.1. The Hall–Kier alpha value is -4.56. The molecule has 11 heteroatoms. The monoisotopic (exact) mass is 486 g/mol. The van der Waals surface area contributed by atoms with Gasteiger partial charge in [-0.2, -0.15) is 9.94 Å². The van der Waals surface area contributed by atoms with Crippen LogP contribution in [0.1, 0.15) is 28.2 Å². The van der Waals surface area contributed by atoms with Crippen LogP contribution in [0.2, 0.25) is 0 Å². The molecule has 0 spiro atoms. The minimum absolute atomic E-state index is 0.0376. The number of hydrogen-bond acceptors (Lipinski definition) is 9. The second-order valence-electron chi connectivity index (χ2n) is 7.62. The van der Waals surface area contributed by atoms with E-state index in [1.807, 2.05) is 18.2 Å². The molecule has 0 radical (unpaired) electrons. The van der Waals surface area contributed by atoms with Gasteiger partial charge >= 0.3 is 5.97 Å². The molecular formula is C24H18N6O4S. The predicted molar refractivity (Wildman–Crippen MR) is 127 cm³/mol. The van der Waals surface area contributed by atoms with Crippen molar-refractivity contribution in [3.63, 3.8) is 0 Å². The van der Waals surface area contributed by atoms with Crippen molar-refractivity contribution >= 4 is 40.0 Å². The zero-order valence-corrected chi connectivity index (χ0v) is 19.1. The highest BCUT2D eigenvalue weighted by Crippen LogP contribution is 2.38. The highest BCUT2D eigenvalue weighted by atomic mass is 32.1. The minimum atomic E-state index is -0.824. The Bertz CT molecular complexity index is 1450. The Balaban J connectivity index is 1.35. The van der Waals surface area contributed by atoms with Gasteiger partial charge in [0.25, 0.3) is 5.91 Å². The van der Waals surface area contributed by atoms with Gasteiger partial charge in [0.2, 0.25) is 0 Å². The van der Waals surface area contributed by atoms with E-state index < -0.39 is 18.5 Å². The number of esters is 1. The van der Waals surface area contributed by atoms with Gasteiger partial charge in [-0.25, -0.2) is 4.79 Å². The van der Waals surface area contributed by atoms with Gasteiger partial charge in [0.05, 0.1) is 11.8 Å². The van der Waals surface area contributed by atoms with Crippen LogP contribution in [0.25, 0.3) is 23.2 Å². The first-order valence-electron chi connectivity index (χ1n) is 10.7. The third kappa shape index (κ3) is 4.60. The Labute approximate surface area is 203 Å². The van der Waals surface area contributed by atoms with E-state index in [2.05, 4.69) is 26.9 Å². The molecule has 1 aliphatic rings. The normalized spacial score (nSPS) is 12.7. The lowest BCUT2D eigenvalue weighted by Gasteiger charge is -2.10. The molecule has 0 unspecified atom stereocenters. The van der Waals surface area contributed by atoms with Gasteiger partial charge in [-0.3, -0.25) is 4.79 Å². The number of nitrogens with zero attached hydrogens (tertiary/aromatic N) is 5. The molecular weight excluding hydrogens is 468 g/mol. The van der Waals surface area contributed by atoms with Crippen LogP contribution in [-0.2, 0) is 27.2 Å². The fraction of sp³-hybridized carbons (Fsp3) is 0.167. The Morgan fingerprint density at radius 3 is 2.86 bits per heavy atom. The van der Waals surface area contributed by atoms with Crippen LogP contribution >= 0.6 is 11.3 Å². The van der Waals surface area contributed by atoms with E-state index in [-0.39, 0.29) is 5.70 Å². The SMILES string of the molecule is N#Cc1c(NC(=O)COC(=O)/C(=C\c2ccco2)n2nnnc2-c2ccccc2)sc2c1CCC2. The number of thiophene rings is 1. The quantitative estimate of drug-likeness (QED) is 0.309. The van der Waals surface area contributed by atoms with E-state index in [1.54, 1.807) is 24.3 Å². The molecule has 10 nitrogen and oxygen atoms in total. The number of anilines is 1. The molecule has 1 aromatic carbocycles. The summed E-state index contributed by atoms with van der Waals surface area (Å²) in [6.07, 6.45) is 5.63. The highest BCUT2D eigenvalue weighted by Gasteiger charge is 2.25. The third-order valence-corrected chi connectivity index (χ3v) is 6.59. The molecule has 4 aromatic rings. The van der Waals surface area contributed by atoms with Crippen LogP contribution in [-0.4, -0.2) is 38.7 Å². The van der Waals surface area contributed by atoms with Crippen molar-refractivity contribution in [1.82, 2.24) is 20.2 Å². The van der Waals surface area contributed by atoms with E-state index in [4.69, 9.17) is 9.15 Å². The Morgan fingerprint density at radius 1 is 1.23 bits per heavy atom. The van der Waals surface area contributed by atoms with E-state index in [1.165, 1.54) is 28.4 Å². The molecule has 3 heterocycles. The minimum Gasteiger partial charge on any atom is -0.465 e. The number of ether oxygens (including phenoxy) is 1. The van der Waals surface area contributed by atoms with Gasteiger partial charge in [0.15, 0.2) is 18.1 Å². The molecule has 0 saturated carbocycles. The molecule has 35 heavy (non-hydrogen) atoms. The van der Waals surface area contributed by atoms with Crippen molar-refractivity contribution in [3.05, 3.63) is 70.5 Å². The fourth-order valence-corrected chi connectivity index (χ4v) is 5.07. The number of amides is 1. The summed E-state index contributed by atoms with van der Waals surface area (Å²) in [5.41, 5.74) is 2.13. The Kier molecular flexibility index (Phi) is 6.19. The smallest absolute Gasteiger partial charge is 0.357 e. The molecule has 0 atom stereocenters. The number of aromatic nitrogens is 4. The maximum absolute atomic E-state index is 13.1. The van der Waals surface area contributed by atoms with Crippen LogP contribution in [0.4, 0.5) is 5.00 Å². The summed E-state index contributed by atoms with van der Waals surface area (Å²) in [6, 6.07) is 14.6. The largest absolute Gasteiger partial charge is 0.465 e. The van der Waals surface area contributed by atoms with Crippen LogP contribution < -0.4 is 5.32 Å². The summed E-state index contributed by atoms with van der Waals surface area (Å²) in [5, 5.41) is 24.4. The average Bonchev–Trinajstić information content (AvgIpc) is 3.67. The topological polar surface area (TPSA) is 136 Å². The second kappa shape index (κ2) is 9.74. The first-order valence-corrected chi connectivity index (χ1v) is 11.6. The first kappa shape index (κ1) is 22.2. The number of carbonyl (C=O) groups excluding carboxylic acids is 2. The van der Waals surface area contributed by atoms with Gasteiger partial charge in [-0.1, -0.05) is 30.3 Å². The number of furan rings is 1. The predicted octanol–water partition coefficient (Wildman–Crippen LogP) is 3.53. The Morgan fingerprint density at radius 2 is 2.09 bits per heavy atom. The van der Waals surface area contributed by atoms with E-state index in [0.717, 1.165) is 29.7 Å². The maximum Gasteiger partial charge on any atom is 0.357 e. The molecule has 1 amide bonds. The number of nitriles is 1. The van der Waals surface area contributed by atoms with Gasteiger partial charge in [0, 0.05) is 16.5 Å². The number of benzene rings is 1. The van der Waals surface area contributed by atoms with Gasteiger partial charge in [-0.15, -0.1) is 16.4 Å². The van der Waals surface area contributed by atoms with Crippen molar-refractivity contribution in [2.45, 2.75) is 19.3 Å². The summed E-state index contributed by atoms with van der Waals surface area (Å²) >= 11 is 1.39. The number of nitrogens with one attached hydrogen (secondary N) is 1. The van der Waals surface area contributed by atoms with Crippen molar-refractivity contribution in [2.75, 3.05) is 11.9 Å². The summed E-state index contributed by atoms with van der Waals surface area (Å²) in [5.74, 6) is -0.679. The van der Waals surface area contributed by atoms with Crippen LogP contribution in [0.15, 0.2) is 53.1 Å². The molecule has 174 valence electrons. The van der Waals surface area contributed by atoms with Gasteiger partial charge in [0.1, 0.15) is 16.8 Å². The molecule has 1 N–H and O–H groups in total. The lowest BCUT2D eigenvalue weighted by Crippen LogP contribution is -2.23. The number of rotatable bonds is 7. The summed E-state index contributed by atoms with van der Waals surface area (Å²) < 4.78 is 11.9. The van der Waals surface area contributed by atoms with E-state index in [0.29, 0.717) is 27.7 Å². The first-order chi connectivity index (χ1) is 17.1. The second-order valence-corrected chi connectivity index (χ2v) is 8.73. The van der Waals surface area contributed by atoms with Crippen molar-refractivity contribution < 1.29 is 18.7 Å². The van der Waals surface area contributed by atoms with E-state index in [9.17, 15) is 14.9 Å². The van der Waals surface area contributed by atoms with Crippen LogP contribution in [0.3, 0.4) is 0 Å². The molecule has 0 saturated heterocycles. The highest BCUT2D eigenvalue weighted by molar-refractivity contribution is 7.16. The average molecular weight is 487 g/mol. The van der Waals surface area contributed by atoms with Crippen LogP contribution in [0, 0.1) is 11.3 Å². The van der Waals surface area contributed by atoms with Crippen molar-refractivity contribution in [1.29, 1.82) is 5.26 Å². The van der Waals surface area contributed by atoms with Crippen molar-refractivity contribution in [3.8, 4) is 17.5 Å². The van der Waals surface area contributed by atoms with Gasteiger partial charge < -0.3 is 14.5 Å². The van der Waals surface area contributed by atoms with Gasteiger partial charge in [-0.05, 0) is 47.4 Å². The third-order valence-electron chi connectivity index (χ3n) is 5.38. The van der Waals surface area contributed by atoms with Crippen LogP contribution in [0.5, 0.6) is 0 Å². The summed E-state index contributed by atoms with van der Waals surface area (Å²) in [6.45, 7) is -0.551. The van der Waals surface area contributed by atoms with Crippen molar-refractivity contribution in [2.24, 2.45) is 0 Å². The molecule has 0 bridgehead atoms. The number of hydrogen-bond donors (Lipinski definition) is 1. The summed E-state index contributed by atoms with van der Waals surface area (Å²) in [7, 11) is 0. The standard InChI is InChI=1S/C24H18N6O4S/c25-13-18-17-9-4-10-20(17)35-23(18)26-21(31)14-34-24(32)19(12-16-8-5-11-33-16)30-22(27-28-29-30)15-6-2-1-3-7-15/h1-3,5-8,11-12H,4,9-10,14H2,(H,26,31)/b19-12+. The number of fused-ring (bicyclic) bond motifs is 1. The number of carbonyl (C=O) groups is 2. The number of aryl methyl sites for hydroxylation is 1. The maximum atomic E-state index is 13.1. The molecule has 0 aliphatic heterocycles. The lowest BCUT2D eigenvalue weighted by molar-refractivity contribution is -0.141. The summed E-state index contributed by atoms with van der Waals surface area (Å²) in [4.78, 5) is 26.7. The van der Waals surface area contributed by atoms with E-state index >= 15 is 0 Å². The zero-order valence-electron chi connectivity index (χ0n) is 18.3.